The predicted octanol–water partition coefficient (Wildman–Crippen LogP) is 3.12. The van der Waals surface area contributed by atoms with Crippen LogP contribution in [-0.4, -0.2) is 30.2 Å². The summed E-state index contributed by atoms with van der Waals surface area (Å²) < 4.78 is 0. The molecular weight excluding hydrogens is 348 g/mol. The van der Waals surface area contributed by atoms with Gasteiger partial charge in [-0.25, -0.2) is 0 Å². The van der Waals surface area contributed by atoms with Crippen LogP contribution in [0.4, 0.5) is 0 Å². The minimum absolute atomic E-state index is 0.365. The fraction of sp³-hybridized carbons (Fsp3) is 0.292. The van der Waals surface area contributed by atoms with Gasteiger partial charge in [-0.15, -0.1) is 0 Å². The Morgan fingerprint density at radius 2 is 1.93 bits per heavy atom. The van der Waals surface area contributed by atoms with Crippen LogP contribution < -0.4 is 10.6 Å². The lowest BCUT2D eigenvalue weighted by Crippen LogP contribution is -2.39. The standard InChI is InChI=1S/C24H28N2O2/c1-2-18-8-5-10-20(15-18)17-25-13-14-26-24(28)23(27)22-12-6-9-19-7-3-4-11-21(22)16-19/h3-12,15,23,25,27H,2,13-14,16-17H2,1H3,(H,26,28). The van der Waals surface area contributed by atoms with Crippen LogP contribution in [0.2, 0.25) is 0 Å². The van der Waals surface area contributed by atoms with E-state index in [9.17, 15) is 9.90 Å². The smallest absolute Gasteiger partial charge is 0.253 e. The zero-order chi connectivity index (χ0) is 19.8. The lowest BCUT2D eigenvalue weighted by Gasteiger charge is -2.17. The average molecular weight is 377 g/mol. The van der Waals surface area contributed by atoms with E-state index in [1.54, 1.807) is 0 Å². The van der Waals surface area contributed by atoms with Gasteiger partial charge < -0.3 is 15.7 Å². The number of carbonyl (C=O) groups is 1. The van der Waals surface area contributed by atoms with Gasteiger partial charge in [0.1, 0.15) is 0 Å². The molecule has 0 fully saturated rings. The van der Waals surface area contributed by atoms with E-state index < -0.39 is 6.10 Å². The SMILES string of the molecule is CCc1cccc(CNCCNC(=O)C(O)C2=CC=CC3=CC=CC=C2C3)c1. The van der Waals surface area contributed by atoms with Gasteiger partial charge in [0.15, 0.2) is 6.10 Å². The van der Waals surface area contributed by atoms with Crippen LogP contribution in [0.25, 0.3) is 0 Å². The van der Waals surface area contributed by atoms with Crippen LogP contribution in [-0.2, 0) is 17.8 Å². The third kappa shape index (κ3) is 5.41. The molecule has 0 saturated heterocycles. The molecule has 1 aromatic carbocycles. The lowest BCUT2D eigenvalue weighted by atomic mass is 9.95. The van der Waals surface area contributed by atoms with Crippen LogP contribution in [0.3, 0.4) is 0 Å². The van der Waals surface area contributed by atoms with Gasteiger partial charge in [-0.05, 0) is 40.7 Å². The molecule has 3 N–H and O–H groups in total. The number of nitrogens with one attached hydrogen (secondary N) is 2. The number of fused-ring (bicyclic) bond motifs is 2. The highest BCUT2D eigenvalue weighted by atomic mass is 16.3. The van der Waals surface area contributed by atoms with E-state index in [1.165, 1.54) is 11.1 Å². The first-order valence-electron chi connectivity index (χ1n) is 9.86. The molecule has 4 nitrogen and oxygen atoms in total. The van der Waals surface area contributed by atoms with Crippen LogP contribution in [0.1, 0.15) is 24.5 Å². The third-order valence-electron chi connectivity index (χ3n) is 4.94. The third-order valence-corrected chi connectivity index (χ3v) is 4.94. The number of allylic oxidation sites excluding steroid dienone is 8. The van der Waals surface area contributed by atoms with E-state index in [-0.39, 0.29) is 5.91 Å². The first-order chi connectivity index (χ1) is 13.7. The van der Waals surface area contributed by atoms with Crippen LogP contribution in [0.15, 0.2) is 83.5 Å². The number of carbonyl (C=O) groups excluding carboxylic acids is 1. The summed E-state index contributed by atoms with van der Waals surface area (Å²) in [6, 6.07) is 8.48. The van der Waals surface area contributed by atoms with Crippen molar-refractivity contribution in [2.45, 2.75) is 32.4 Å². The van der Waals surface area contributed by atoms with E-state index >= 15 is 0 Å². The van der Waals surface area contributed by atoms with Crippen molar-refractivity contribution < 1.29 is 9.90 Å². The maximum absolute atomic E-state index is 12.4. The number of aliphatic hydroxyl groups is 1. The van der Waals surface area contributed by atoms with Crippen LogP contribution in [0.5, 0.6) is 0 Å². The second-order valence-electron chi connectivity index (χ2n) is 7.02. The maximum Gasteiger partial charge on any atom is 0.253 e. The average Bonchev–Trinajstić information content (AvgIpc) is 3.08. The molecule has 2 aliphatic carbocycles. The number of rotatable bonds is 8. The number of aryl methyl sites for hydroxylation is 1. The Hall–Kier alpha value is -2.69. The van der Waals surface area contributed by atoms with Crippen molar-refractivity contribution in [3.8, 4) is 0 Å². The second kappa shape index (κ2) is 10.0. The number of amides is 1. The summed E-state index contributed by atoms with van der Waals surface area (Å²) in [5.41, 5.74) is 5.35. The van der Waals surface area contributed by atoms with Gasteiger partial charge in [0.2, 0.25) is 0 Å². The monoisotopic (exact) mass is 376 g/mol. The summed E-state index contributed by atoms with van der Waals surface area (Å²) in [4.78, 5) is 12.4. The van der Waals surface area contributed by atoms with Gasteiger partial charge >= 0.3 is 0 Å². The number of hydrogen-bond donors (Lipinski definition) is 3. The van der Waals surface area contributed by atoms with Crippen molar-refractivity contribution in [1.82, 2.24) is 10.6 Å². The molecular formula is C24H28N2O2. The van der Waals surface area contributed by atoms with Gasteiger partial charge in [0.05, 0.1) is 0 Å². The van der Waals surface area contributed by atoms with Gasteiger partial charge in [-0.1, -0.05) is 73.7 Å². The van der Waals surface area contributed by atoms with Crippen LogP contribution >= 0.6 is 0 Å². The molecule has 0 spiro atoms. The highest BCUT2D eigenvalue weighted by molar-refractivity contribution is 5.85. The van der Waals surface area contributed by atoms with E-state index in [1.807, 2.05) is 42.5 Å². The topological polar surface area (TPSA) is 61.4 Å². The largest absolute Gasteiger partial charge is 0.378 e. The highest BCUT2D eigenvalue weighted by Crippen LogP contribution is 2.27. The highest BCUT2D eigenvalue weighted by Gasteiger charge is 2.23. The molecule has 0 aliphatic heterocycles. The molecule has 0 radical (unpaired) electrons. The molecule has 146 valence electrons. The molecule has 3 rings (SSSR count). The van der Waals surface area contributed by atoms with Crippen molar-refractivity contribution in [3.63, 3.8) is 0 Å². The summed E-state index contributed by atoms with van der Waals surface area (Å²) in [6.07, 6.45) is 14.2. The Morgan fingerprint density at radius 3 is 2.79 bits per heavy atom. The number of benzene rings is 1. The Labute approximate surface area is 167 Å². The molecule has 1 amide bonds. The number of aliphatic hydroxyl groups excluding tert-OH is 1. The van der Waals surface area contributed by atoms with E-state index in [0.717, 1.165) is 30.5 Å². The van der Waals surface area contributed by atoms with Crippen LogP contribution in [0, 0.1) is 0 Å². The van der Waals surface area contributed by atoms with Gasteiger partial charge in [-0.3, -0.25) is 4.79 Å². The van der Waals surface area contributed by atoms with Gasteiger partial charge in [0, 0.05) is 19.6 Å². The minimum Gasteiger partial charge on any atom is -0.378 e. The number of hydrogen-bond acceptors (Lipinski definition) is 3. The predicted molar refractivity (Wildman–Crippen MR) is 114 cm³/mol. The first kappa shape index (κ1) is 20.1. The fourth-order valence-electron chi connectivity index (χ4n) is 3.35. The van der Waals surface area contributed by atoms with E-state index in [4.69, 9.17) is 0 Å². The van der Waals surface area contributed by atoms with E-state index in [0.29, 0.717) is 18.7 Å². The summed E-state index contributed by atoms with van der Waals surface area (Å²) in [6.45, 7) is 4.02. The van der Waals surface area contributed by atoms with E-state index in [2.05, 4.69) is 41.8 Å². The zero-order valence-electron chi connectivity index (χ0n) is 16.3. The van der Waals surface area contributed by atoms with Gasteiger partial charge in [0.25, 0.3) is 5.91 Å². The van der Waals surface area contributed by atoms with Crippen molar-refractivity contribution in [3.05, 3.63) is 94.6 Å². The maximum atomic E-state index is 12.4. The summed E-state index contributed by atoms with van der Waals surface area (Å²) >= 11 is 0. The van der Waals surface area contributed by atoms with Crippen molar-refractivity contribution in [2.75, 3.05) is 13.1 Å². The molecule has 1 aromatic rings. The first-order valence-corrected chi connectivity index (χ1v) is 9.86. The quantitative estimate of drug-likeness (QED) is 0.611. The van der Waals surface area contributed by atoms with Crippen molar-refractivity contribution in [2.24, 2.45) is 0 Å². The molecule has 4 heteroatoms. The summed E-state index contributed by atoms with van der Waals surface area (Å²) in [5, 5.41) is 16.7. The Morgan fingerprint density at radius 1 is 1.11 bits per heavy atom. The Balaban J connectivity index is 1.46. The Bertz CT molecular complexity index is 859. The molecule has 1 atom stereocenters. The Kier molecular flexibility index (Phi) is 7.18. The molecule has 0 aromatic heterocycles. The normalized spacial score (nSPS) is 16.4. The zero-order valence-corrected chi connectivity index (χ0v) is 16.3. The van der Waals surface area contributed by atoms with Gasteiger partial charge in [-0.2, -0.15) is 0 Å². The van der Waals surface area contributed by atoms with Crippen molar-refractivity contribution in [1.29, 1.82) is 0 Å². The molecule has 1 unspecified atom stereocenters. The summed E-state index contributed by atoms with van der Waals surface area (Å²) in [5.74, 6) is -0.365. The molecule has 0 heterocycles. The summed E-state index contributed by atoms with van der Waals surface area (Å²) in [7, 11) is 0. The van der Waals surface area contributed by atoms with Crippen molar-refractivity contribution >= 4 is 5.91 Å². The molecule has 28 heavy (non-hydrogen) atoms. The molecule has 2 bridgehead atoms. The molecule has 0 saturated carbocycles. The lowest BCUT2D eigenvalue weighted by molar-refractivity contribution is -0.127. The minimum atomic E-state index is -1.16. The second-order valence-corrected chi connectivity index (χ2v) is 7.02. The fourth-order valence-corrected chi connectivity index (χ4v) is 3.35. The molecule has 2 aliphatic rings.